The first-order valence-electron chi connectivity index (χ1n) is 6.97. The number of hydrogen-bond donors (Lipinski definition) is 1. The molecule has 4 nitrogen and oxygen atoms in total. The number of rotatable bonds is 8. The van der Waals surface area contributed by atoms with Gasteiger partial charge in [-0.15, -0.1) is 0 Å². The van der Waals surface area contributed by atoms with Gasteiger partial charge in [0.1, 0.15) is 5.76 Å². The zero-order chi connectivity index (χ0) is 15.1. The first kappa shape index (κ1) is 15.7. The summed E-state index contributed by atoms with van der Waals surface area (Å²) in [5.41, 5.74) is 0.972. The maximum atomic E-state index is 6.13. The molecule has 2 aromatic rings. The third kappa shape index (κ3) is 4.41. The van der Waals surface area contributed by atoms with Gasteiger partial charge in [-0.3, -0.25) is 0 Å². The van der Waals surface area contributed by atoms with Crippen LogP contribution in [0.2, 0.25) is 5.02 Å². The lowest BCUT2D eigenvalue weighted by Gasteiger charge is -2.15. The monoisotopic (exact) mass is 309 g/mol. The van der Waals surface area contributed by atoms with Crippen LogP contribution in [-0.4, -0.2) is 13.7 Å². The van der Waals surface area contributed by atoms with Crippen molar-refractivity contribution < 1.29 is 13.9 Å². The quantitative estimate of drug-likeness (QED) is 0.800. The highest BCUT2D eigenvalue weighted by Gasteiger charge is 2.12. The molecule has 0 amide bonds. The van der Waals surface area contributed by atoms with Crippen molar-refractivity contribution in [2.75, 3.05) is 13.7 Å². The molecule has 0 saturated carbocycles. The number of halogens is 1. The first-order valence-corrected chi connectivity index (χ1v) is 7.34. The van der Waals surface area contributed by atoms with Gasteiger partial charge in [-0.05, 0) is 24.6 Å². The molecule has 0 atom stereocenters. The molecule has 0 radical (unpaired) electrons. The Bertz CT molecular complexity index is 555. The molecule has 1 N–H and O–H groups in total. The number of nitrogens with one attached hydrogen (secondary N) is 1. The normalized spacial score (nSPS) is 10.6. The van der Waals surface area contributed by atoms with E-state index in [1.165, 1.54) is 0 Å². The highest BCUT2D eigenvalue weighted by Crippen LogP contribution is 2.34. The minimum absolute atomic E-state index is 0.622. The molecule has 0 bridgehead atoms. The number of hydrogen-bond acceptors (Lipinski definition) is 4. The summed E-state index contributed by atoms with van der Waals surface area (Å²) < 4.78 is 16.5. The largest absolute Gasteiger partial charge is 0.493 e. The van der Waals surface area contributed by atoms with Crippen molar-refractivity contribution >= 4 is 11.6 Å². The van der Waals surface area contributed by atoms with Gasteiger partial charge >= 0.3 is 0 Å². The predicted octanol–water partition coefficient (Wildman–Crippen LogP) is 4.02. The summed E-state index contributed by atoms with van der Waals surface area (Å²) in [6, 6.07) is 7.46. The molecule has 0 spiro atoms. The second-order valence-corrected chi connectivity index (χ2v) is 5.06. The van der Waals surface area contributed by atoms with E-state index in [9.17, 15) is 0 Å². The van der Waals surface area contributed by atoms with Crippen LogP contribution < -0.4 is 14.8 Å². The zero-order valence-corrected chi connectivity index (χ0v) is 13.1. The average molecular weight is 310 g/mol. The molecule has 1 aromatic carbocycles. The molecular formula is C16H20ClNO3. The van der Waals surface area contributed by atoms with Crippen LogP contribution in [0.25, 0.3) is 0 Å². The maximum Gasteiger partial charge on any atom is 0.165 e. The van der Waals surface area contributed by atoms with Crippen LogP contribution in [0.15, 0.2) is 34.9 Å². The van der Waals surface area contributed by atoms with E-state index in [-0.39, 0.29) is 0 Å². The Morgan fingerprint density at radius 3 is 2.81 bits per heavy atom. The highest BCUT2D eigenvalue weighted by molar-refractivity contribution is 6.30. The van der Waals surface area contributed by atoms with Crippen molar-refractivity contribution in [1.82, 2.24) is 5.32 Å². The third-order valence-electron chi connectivity index (χ3n) is 2.96. The summed E-state index contributed by atoms with van der Waals surface area (Å²) >= 11 is 6.13. The molecule has 0 saturated heterocycles. The van der Waals surface area contributed by atoms with Gasteiger partial charge in [-0.2, -0.15) is 0 Å². The topological polar surface area (TPSA) is 43.6 Å². The fourth-order valence-corrected chi connectivity index (χ4v) is 2.24. The number of benzene rings is 1. The summed E-state index contributed by atoms with van der Waals surface area (Å²) in [6.07, 6.45) is 2.60. The van der Waals surface area contributed by atoms with Gasteiger partial charge < -0.3 is 19.2 Å². The lowest BCUT2D eigenvalue weighted by Crippen LogP contribution is -2.14. The second kappa shape index (κ2) is 7.96. The molecule has 114 valence electrons. The van der Waals surface area contributed by atoms with Crippen LogP contribution in [0.1, 0.15) is 24.7 Å². The lowest BCUT2D eigenvalue weighted by molar-refractivity contribution is 0.290. The van der Waals surface area contributed by atoms with E-state index in [0.29, 0.717) is 30.5 Å². The number of ether oxygens (including phenoxy) is 2. The Labute approximate surface area is 130 Å². The van der Waals surface area contributed by atoms with Crippen molar-refractivity contribution in [3.8, 4) is 11.5 Å². The molecule has 2 rings (SSSR count). The standard InChI is InChI=1S/C16H20ClNO3/c1-3-6-21-16-12(8-13(17)9-15(16)19-2)10-18-11-14-5-4-7-20-14/h4-5,7-9,18H,3,6,10-11H2,1-2H3. The van der Waals surface area contributed by atoms with Crippen LogP contribution >= 0.6 is 11.6 Å². The van der Waals surface area contributed by atoms with Crippen molar-refractivity contribution in [2.45, 2.75) is 26.4 Å². The van der Waals surface area contributed by atoms with Crippen molar-refractivity contribution in [3.63, 3.8) is 0 Å². The van der Waals surface area contributed by atoms with Crippen LogP contribution in [0.4, 0.5) is 0 Å². The van der Waals surface area contributed by atoms with Gasteiger partial charge in [0, 0.05) is 23.2 Å². The van der Waals surface area contributed by atoms with E-state index in [1.54, 1.807) is 19.4 Å². The smallest absolute Gasteiger partial charge is 0.165 e. The second-order valence-electron chi connectivity index (χ2n) is 4.63. The van der Waals surface area contributed by atoms with Crippen molar-refractivity contribution in [1.29, 1.82) is 0 Å². The average Bonchev–Trinajstić information content (AvgIpc) is 2.99. The molecule has 0 aliphatic heterocycles. The molecule has 0 unspecified atom stereocenters. The predicted molar refractivity (Wildman–Crippen MR) is 83.0 cm³/mol. The molecule has 0 aliphatic rings. The fraction of sp³-hybridized carbons (Fsp3) is 0.375. The van der Waals surface area contributed by atoms with E-state index in [1.807, 2.05) is 18.2 Å². The van der Waals surface area contributed by atoms with E-state index in [4.69, 9.17) is 25.5 Å². The third-order valence-corrected chi connectivity index (χ3v) is 3.18. The summed E-state index contributed by atoms with van der Waals surface area (Å²) in [4.78, 5) is 0. The van der Waals surface area contributed by atoms with Crippen molar-refractivity contribution in [3.05, 3.63) is 46.9 Å². The van der Waals surface area contributed by atoms with Gasteiger partial charge in [0.15, 0.2) is 11.5 Å². The Kier molecular flexibility index (Phi) is 5.96. The Hall–Kier alpha value is -1.65. The molecule has 1 heterocycles. The molecule has 21 heavy (non-hydrogen) atoms. The molecule has 5 heteroatoms. The van der Waals surface area contributed by atoms with Gasteiger partial charge in [-0.1, -0.05) is 18.5 Å². The fourth-order valence-electron chi connectivity index (χ4n) is 2.01. The van der Waals surface area contributed by atoms with Gasteiger partial charge in [0.2, 0.25) is 0 Å². The SMILES string of the molecule is CCCOc1c(CNCc2ccco2)cc(Cl)cc1OC. The Balaban J connectivity index is 2.09. The van der Waals surface area contributed by atoms with Gasteiger partial charge in [0.05, 0.1) is 26.5 Å². The van der Waals surface area contributed by atoms with Gasteiger partial charge in [-0.25, -0.2) is 0 Å². The lowest BCUT2D eigenvalue weighted by atomic mass is 10.1. The summed E-state index contributed by atoms with van der Waals surface area (Å²) in [6.45, 7) is 3.98. The van der Waals surface area contributed by atoms with E-state index >= 15 is 0 Å². The molecule has 1 aromatic heterocycles. The van der Waals surface area contributed by atoms with E-state index < -0.39 is 0 Å². The molecule has 0 fully saturated rings. The molecular weight excluding hydrogens is 290 g/mol. The summed E-state index contributed by atoms with van der Waals surface area (Å²) in [7, 11) is 1.62. The van der Waals surface area contributed by atoms with Crippen LogP contribution in [-0.2, 0) is 13.1 Å². The number of methoxy groups -OCH3 is 1. The zero-order valence-electron chi connectivity index (χ0n) is 12.3. The van der Waals surface area contributed by atoms with E-state index in [2.05, 4.69) is 12.2 Å². The van der Waals surface area contributed by atoms with Crippen LogP contribution in [0.5, 0.6) is 11.5 Å². The summed E-state index contributed by atoms with van der Waals surface area (Å²) in [5, 5.41) is 3.94. The van der Waals surface area contributed by atoms with E-state index in [0.717, 1.165) is 23.5 Å². The Morgan fingerprint density at radius 1 is 1.29 bits per heavy atom. The van der Waals surface area contributed by atoms with Gasteiger partial charge in [0.25, 0.3) is 0 Å². The minimum atomic E-state index is 0.622. The van der Waals surface area contributed by atoms with Crippen LogP contribution in [0.3, 0.4) is 0 Å². The van der Waals surface area contributed by atoms with Crippen LogP contribution in [0, 0.1) is 0 Å². The minimum Gasteiger partial charge on any atom is -0.493 e. The maximum absolute atomic E-state index is 6.13. The Morgan fingerprint density at radius 2 is 2.14 bits per heavy atom. The highest BCUT2D eigenvalue weighted by atomic mass is 35.5. The number of furan rings is 1. The van der Waals surface area contributed by atoms with Crippen molar-refractivity contribution in [2.24, 2.45) is 0 Å². The first-order chi connectivity index (χ1) is 10.2. The summed E-state index contributed by atoms with van der Waals surface area (Å²) in [5.74, 6) is 2.29. The molecule has 0 aliphatic carbocycles.